The summed E-state index contributed by atoms with van der Waals surface area (Å²) in [6, 6.07) is 3.68. The highest BCUT2D eigenvalue weighted by Gasteiger charge is 2.16. The minimum atomic E-state index is -0.571. The summed E-state index contributed by atoms with van der Waals surface area (Å²) in [6.45, 7) is 2.11. The standard InChI is InChI=1S/C13H13ClN4O3S2/c1-2-3-6-22-13-17-16-12(23-13)15-11(19)9-5-4-8(18(20)21)7-10(9)14/h4-5,7H,2-3,6H2,1H3,(H,15,16,19). The van der Waals surface area contributed by atoms with E-state index in [1.807, 2.05) is 0 Å². The Kier molecular flexibility index (Phi) is 6.31. The van der Waals surface area contributed by atoms with E-state index in [0.29, 0.717) is 5.13 Å². The Labute approximate surface area is 145 Å². The molecule has 0 unspecified atom stereocenters. The van der Waals surface area contributed by atoms with Gasteiger partial charge in [0, 0.05) is 17.9 Å². The van der Waals surface area contributed by atoms with Gasteiger partial charge in [0.15, 0.2) is 4.34 Å². The van der Waals surface area contributed by atoms with Gasteiger partial charge < -0.3 is 0 Å². The molecule has 23 heavy (non-hydrogen) atoms. The van der Waals surface area contributed by atoms with E-state index in [2.05, 4.69) is 22.4 Å². The van der Waals surface area contributed by atoms with Crippen LogP contribution in [0.25, 0.3) is 0 Å². The van der Waals surface area contributed by atoms with E-state index < -0.39 is 10.8 Å². The summed E-state index contributed by atoms with van der Waals surface area (Å²) in [6.07, 6.45) is 2.19. The Balaban J connectivity index is 2.03. The Morgan fingerprint density at radius 2 is 2.26 bits per heavy atom. The number of carbonyl (C=O) groups excluding carboxylic acids is 1. The molecule has 0 saturated carbocycles. The number of hydrogen-bond acceptors (Lipinski definition) is 7. The summed E-state index contributed by atoms with van der Waals surface area (Å²) in [5, 5.41) is 21.5. The van der Waals surface area contributed by atoms with Gasteiger partial charge in [0.1, 0.15) is 0 Å². The molecule has 0 spiro atoms. The SMILES string of the molecule is CCCCSc1nnc(NC(=O)c2ccc([N+](=O)[O-])cc2Cl)s1. The molecule has 1 amide bonds. The van der Waals surface area contributed by atoms with Crippen LogP contribution in [-0.2, 0) is 0 Å². The maximum absolute atomic E-state index is 12.2. The zero-order valence-electron chi connectivity index (χ0n) is 12.1. The molecule has 10 heteroatoms. The van der Waals surface area contributed by atoms with E-state index in [9.17, 15) is 14.9 Å². The highest BCUT2D eigenvalue weighted by molar-refractivity contribution is 8.01. The molecular formula is C13H13ClN4O3S2. The van der Waals surface area contributed by atoms with Crippen LogP contribution in [0.3, 0.4) is 0 Å². The number of non-ortho nitro benzene ring substituents is 1. The molecule has 0 aliphatic rings. The first kappa shape index (κ1) is 17.6. The van der Waals surface area contributed by atoms with Gasteiger partial charge in [0.2, 0.25) is 5.13 Å². The summed E-state index contributed by atoms with van der Waals surface area (Å²) in [5.74, 6) is 0.471. The lowest BCUT2D eigenvalue weighted by Crippen LogP contribution is -2.12. The van der Waals surface area contributed by atoms with Gasteiger partial charge in [-0.25, -0.2) is 0 Å². The summed E-state index contributed by atoms with van der Waals surface area (Å²) in [4.78, 5) is 22.2. The highest BCUT2D eigenvalue weighted by atomic mass is 35.5. The quantitative estimate of drug-likeness (QED) is 0.256. The maximum atomic E-state index is 12.2. The average molecular weight is 373 g/mol. The molecule has 0 saturated heterocycles. The van der Waals surface area contributed by atoms with Crippen molar-refractivity contribution in [3.8, 4) is 0 Å². The molecule has 0 bridgehead atoms. The predicted molar refractivity (Wildman–Crippen MR) is 91.6 cm³/mol. The largest absolute Gasteiger partial charge is 0.296 e. The lowest BCUT2D eigenvalue weighted by atomic mass is 10.2. The van der Waals surface area contributed by atoms with Crippen LogP contribution >= 0.6 is 34.7 Å². The Morgan fingerprint density at radius 1 is 1.48 bits per heavy atom. The molecule has 0 atom stereocenters. The van der Waals surface area contributed by atoms with Crippen LogP contribution in [-0.4, -0.2) is 26.8 Å². The third kappa shape index (κ3) is 4.88. The number of nitrogens with zero attached hydrogens (tertiary/aromatic N) is 3. The molecule has 1 aromatic carbocycles. The number of amides is 1. The fourth-order valence-electron chi connectivity index (χ4n) is 1.59. The normalized spacial score (nSPS) is 10.5. The van der Waals surface area contributed by atoms with Crippen LogP contribution in [0, 0.1) is 10.1 Å². The first-order valence-electron chi connectivity index (χ1n) is 6.73. The molecule has 0 radical (unpaired) electrons. The molecule has 2 rings (SSSR count). The van der Waals surface area contributed by atoms with E-state index in [1.165, 1.54) is 23.5 Å². The highest BCUT2D eigenvalue weighted by Crippen LogP contribution is 2.28. The first-order chi connectivity index (χ1) is 11.0. The van der Waals surface area contributed by atoms with Crippen molar-refractivity contribution in [2.75, 3.05) is 11.1 Å². The molecule has 2 aromatic rings. The number of nitro benzene ring substituents is 1. The number of halogens is 1. The second-order valence-corrected chi connectivity index (χ2v) is 7.18. The van der Waals surface area contributed by atoms with E-state index >= 15 is 0 Å². The molecule has 0 fully saturated rings. The lowest BCUT2D eigenvalue weighted by molar-refractivity contribution is -0.384. The zero-order valence-corrected chi connectivity index (χ0v) is 14.5. The van der Waals surface area contributed by atoms with Gasteiger partial charge in [-0.15, -0.1) is 10.2 Å². The van der Waals surface area contributed by atoms with Crippen molar-refractivity contribution < 1.29 is 9.72 Å². The number of nitrogens with one attached hydrogen (secondary N) is 1. The molecule has 7 nitrogen and oxygen atoms in total. The second-order valence-electron chi connectivity index (χ2n) is 4.45. The first-order valence-corrected chi connectivity index (χ1v) is 8.91. The maximum Gasteiger partial charge on any atom is 0.270 e. The summed E-state index contributed by atoms with van der Waals surface area (Å²) in [7, 11) is 0. The van der Waals surface area contributed by atoms with Gasteiger partial charge in [0.05, 0.1) is 15.5 Å². The fourth-order valence-corrected chi connectivity index (χ4v) is 3.75. The number of aromatic nitrogens is 2. The lowest BCUT2D eigenvalue weighted by Gasteiger charge is -2.03. The average Bonchev–Trinajstić information content (AvgIpc) is 2.94. The van der Waals surface area contributed by atoms with Gasteiger partial charge in [-0.3, -0.25) is 20.2 Å². The summed E-state index contributed by atoms with van der Waals surface area (Å²) >= 11 is 8.79. The Hall–Kier alpha value is -1.71. The number of carbonyl (C=O) groups is 1. The minimum absolute atomic E-state index is 0.0127. The van der Waals surface area contributed by atoms with Crippen LogP contribution in [0.5, 0.6) is 0 Å². The van der Waals surface area contributed by atoms with E-state index in [-0.39, 0.29) is 16.3 Å². The summed E-state index contributed by atoms with van der Waals surface area (Å²) in [5.41, 5.74) is -0.0234. The van der Waals surface area contributed by atoms with Gasteiger partial charge in [-0.1, -0.05) is 48.0 Å². The van der Waals surface area contributed by atoms with Crippen LogP contribution in [0.15, 0.2) is 22.5 Å². The van der Waals surface area contributed by atoms with Crippen LogP contribution in [0.1, 0.15) is 30.1 Å². The van der Waals surface area contributed by atoms with Crippen molar-refractivity contribution in [2.24, 2.45) is 0 Å². The monoisotopic (exact) mass is 372 g/mol. The van der Waals surface area contributed by atoms with E-state index in [1.54, 1.807) is 11.8 Å². The molecule has 122 valence electrons. The van der Waals surface area contributed by atoms with Gasteiger partial charge >= 0.3 is 0 Å². The van der Waals surface area contributed by atoms with Gasteiger partial charge in [-0.2, -0.15) is 0 Å². The van der Waals surface area contributed by atoms with Crippen molar-refractivity contribution in [1.82, 2.24) is 10.2 Å². The smallest absolute Gasteiger partial charge is 0.270 e. The number of anilines is 1. The van der Waals surface area contributed by atoms with Crippen LogP contribution in [0.2, 0.25) is 5.02 Å². The van der Waals surface area contributed by atoms with E-state index in [0.717, 1.165) is 29.0 Å². The Bertz CT molecular complexity index is 723. The Morgan fingerprint density at radius 3 is 2.91 bits per heavy atom. The van der Waals surface area contributed by atoms with Crippen molar-refractivity contribution in [1.29, 1.82) is 0 Å². The number of hydrogen-bond donors (Lipinski definition) is 1. The molecule has 1 heterocycles. The minimum Gasteiger partial charge on any atom is -0.296 e. The number of unbranched alkanes of at least 4 members (excludes halogenated alkanes) is 1. The number of thioether (sulfide) groups is 1. The molecule has 0 aliphatic carbocycles. The van der Waals surface area contributed by atoms with Crippen LogP contribution < -0.4 is 5.32 Å². The number of rotatable bonds is 7. The van der Waals surface area contributed by atoms with E-state index in [4.69, 9.17) is 11.6 Å². The fraction of sp³-hybridized carbons (Fsp3) is 0.308. The topological polar surface area (TPSA) is 98.0 Å². The molecular weight excluding hydrogens is 360 g/mol. The summed E-state index contributed by atoms with van der Waals surface area (Å²) < 4.78 is 0.781. The zero-order chi connectivity index (χ0) is 16.8. The third-order valence-corrected chi connectivity index (χ3v) is 5.13. The van der Waals surface area contributed by atoms with Crippen molar-refractivity contribution in [2.45, 2.75) is 24.1 Å². The van der Waals surface area contributed by atoms with Crippen molar-refractivity contribution >= 4 is 51.4 Å². The molecule has 1 N–H and O–H groups in total. The predicted octanol–water partition coefficient (Wildman–Crippen LogP) is 4.24. The van der Waals surface area contributed by atoms with Gasteiger partial charge in [-0.05, 0) is 12.5 Å². The van der Waals surface area contributed by atoms with Crippen LogP contribution in [0.4, 0.5) is 10.8 Å². The van der Waals surface area contributed by atoms with Crippen molar-refractivity contribution in [3.05, 3.63) is 38.9 Å². The second kappa shape index (κ2) is 8.23. The third-order valence-electron chi connectivity index (χ3n) is 2.76. The molecule has 1 aromatic heterocycles. The number of benzene rings is 1. The van der Waals surface area contributed by atoms with Gasteiger partial charge in [0.25, 0.3) is 11.6 Å². The molecule has 0 aliphatic heterocycles. The van der Waals surface area contributed by atoms with Crippen molar-refractivity contribution in [3.63, 3.8) is 0 Å². The number of nitro groups is 1.